The Balaban J connectivity index is 2.59. The van der Waals surface area contributed by atoms with Gasteiger partial charge in [0.2, 0.25) is 0 Å². The van der Waals surface area contributed by atoms with Crippen molar-refractivity contribution in [2.75, 3.05) is 28.1 Å². The largest absolute Gasteiger partial charge is 0.497 e. The number of aliphatic hydroxyl groups is 1. The van der Waals surface area contributed by atoms with Gasteiger partial charge in [-0.2, -0.15) is 0 Å². The fraction of sp³-hybridized carbons (Fsp3) is 0.429. The maximum atomic E-state index is 13.6. The van der Waals surface area contributed by atoms with E-state index in [2.05, 4.69) is 13.8 Å². The smallest absolute Gasteiger partial charge is 0.188 e. The first-order valence-corrected chi connectivity index (χ1v) is 9.98. The summed E-state index contributed by atoms with van der Waals surface area (Å²) in [5.41, 5.74) is 1.50. The van der Waals surface area contributed by atoms with Crippen LogP contribution >= 0.6 is 8.58 Å². The van der Waals surface area contributed by atoms with Gasteiger partial charge in [-0.25, -0.2) is 4.39 Å². The van der Waals surface area contributed by atoms with Crippen molar-refractivity contribution < 1.29 is 28.4 Å². The first-order valence-electron chi connectivity index (χ1n) is 8.98. The molecule has 0 aliphatic carbocycles. The summed E-state index contributed by atoms with van der Waals surface area (Å²) in [7, 11) is 5.00. The summed E-state index contributed by atoms with van der Waals surface area (Å²) < 4.78 is 35.5. The summed E-state index contributed by atoms with van der Waals surface area (Å²) in [4.78, 5) is 0. The highest BCUT2D eigenvalue weighted by Gasteiger charge is 2.32. The Morgan fingerprint density at radius 3 is 2.43 bits per heavy atom. The van der Waals surface area contributed by atoms with Crippen molar-refractivity contribution in [3.05, 3.63) is 47.3 Å². The molecule has 0 bridgehead atoms. The molecule has 0 fully saturated rings. The molecule has 154 valence electrons. The maximum absolute atomic E-state index is 13.6. The molecule has 2 aromatic carbocycles. The van der Waals surface area contributed by atoms with Crippen LogP contribution in [0.15, 0.2) is 30.3 Å². The third-order valence-corrected chi connectivity index (χ3v) is 6.69. The number of rotatable bonds is 10. The minimum Gasteiger partial charge on any atom is -0.497 e. The molecule has 2 aromatic rings. The van der Waals surface area contributed by atoms with Crippen LogP contribution in [0.2, 0.25) is 0 Å². The first kappa shape index (κ1) is 22.4. The van der Waals surface area contributed by atoms with Crippen LogP contribution in [0.25, 0.3) is 0 Å². The van der Waals surface area contributed by atoms with Crippen LogP contribution in [0.3, 0.4) is 0 Å². The molecule has 5 nitrogen and oxygen atoms in total. The van der Waals surface area contributed by atoms with E-state index in [1.165, 1.54) is 12.1 Å². The average molecular weight is 410 g/mol. The molecule has 7 heteroatoms. The van der Waals surface area contributed by atoms with Crippen molar-refractivity contribution in [1.29, 1.82) is 0 Å². The lowest BCUT2D eigenvalue weighted by molar-refractivity contribution is 0.0479. The molecule has 0 aliphatic rings. The highest BCUT2D eigenvalue weighted by atomic mass is 31.1. The van der Waals surface area contributed by atoms with Crippen molar-refractivity contribution in [2.45, 2.75) is 32.0 Å². The third-order valence-electron chi connectivity index (χ3n) is 4.75. The zero-order chi connectivity index (χ0) is 20.7. The van der Waals surface area contributed by atoms with E-state index in [0.29, 0.717) is 22.8 Å². The number of aliphatic hydroxyl groups excluding tert-OH is 1. The summed E-state index contributed by atoms with van der Waals surface area (Å²) >= 11 is 0. The summed E-state index contributed by atoms with van der Waals surface area (Å²) in [6.45, 7) is 4.07. The normalized spacial score (nSPS) is 13.5. The van der Waals surface area contributed by atoms with Crippen LogP contribution in [0.4, 0.5) is 4.39 Å². The second-order valence-electron chi connectivity index (χ2n) is 6.53. The highest BCUT2D eigenvalue weighted by Crippen LogP contribution is 2.51. The van der Waals surface area contributed by atoms with Gasteiger partial charge >= 0.3 is 0 Å². The van der Waals surface area contributed by atoms with Crippen molar-refractivity contribution in [3.8, 4) is 17.2 Å². The Hall–Kier alpha value is -1.88. The van der Waals surface area contributed by atoms with Gasteiger partial charge in [0.05, 0.1) is 20.8 Å². The highest BCUT2D eigenvalue weighted by molar-refractivity contribution is 7.48. The van der Waals surface area contributed by atoms with E-state index in [1.807, 2.05) is 6.07 Å². The molecule has 0 saturated heterocycles. The van der Waals surface area contributed by atoms with E-state index in [-0.39, 0.29) is 33.0 Å². The Morgan fingerprint density at radius 2 is 1.86 bits per heavy atom. The minimum absolute atomic E-state index is 0.0804. The summed E-state index contributed by atoms with van der Waals surface area (Å²) in [5.74, 6) is 1.44. The van der Waals surface area contributed by atoms with Gasteiger partial charge in [-0.05, 0) is 35.5 Å². The van der Waals surface area contributed by atoms with Gasteiger partial charge < -0.3 is 24.1 Å². The summed E-state index contributed by atoms with van der Waals surface area (Å²) in [6.07, 6.45) is 0.785. The SMILES string of the molecule is CCC(C)(Pc1ccc(F)cc1CO)c1cc(OC)cc(OC)c1OCOC. The monoisotopic (exact) mass is 410 g/mol. The standard InChI is InChI=1S/C21H28FO5P/c1-6-21(2,28-19-8-7-15(22)9-14(19)12-23)17-10-16(25-4)11-18(26-5)20(17)27-13-24-3/h7-11,23,28H,6,12-13H2,1-5H3. The Kier molecular flexibility index (Phi) is 8.05. The van der Waals surface area contributed by atoms with Crippen molar-refractivity contribution >= 4 is 13.9 Å². The molecule has 0 radical (unpaired) electrons. The van der Waals surface area contributed by atoms with E-state index in [0.717, 1.165) is 17.3 Å². The molecular weight excluding hydrogens is 382 g/mol. The van der Waals surface area contributed by atoms with Crippen LogP contribution in [0.1, 0.15) is 31.4 Å². The fourth-order valence-electron chi connectivity index (χ4n) is 2.98. The number of benzene rings is 2. The first-order chi connectivity index (χ1) is 13.4. The lowest BCUT2D eigenvalue weighted by Gasteiger charge is -2.32. The van der Waals surface area contributed by atoms with Gasteiger partial charge in [0.1, 0.15) is 11.6 Å². The van der Waals surface area contributed by atoms with Crippen LogP contribution in [0.5, 0.6) is 17.2 Å². The molecule has 0 aliphatic heterocycles. The number of halogens is 1. The number of methoxy groups -OCH3 is 3. The van der Waals surface area contributed by atoms with Gasteiger partial charge in [0.25, 0.3) is 0 Å². The van der Waals surface area contributed by atoms with Crippen LogP contribution < -0.4 is 19.5 Å². The van der Waals surface area contributed by atoms with Crippen LogP contribution in [-0.2, 0) is 16.5 Å². The number of hydrogen-bond donors (Lipinski definition) is 1. The minimum atomic E-state index is -0.358. The maximum Gasteiger partial charge on any atom is 0.188 e. The van der Waals surface area contributed by atoms with Gasteiger partial charge in [-0.1, -0.05) is 28.5 Å². The quantitative estimate of drug-likeness (QED) is 0.475. The molecule has 0 saturated carbocycles. The molecule has 0 amide bonds. The van der Waals surface area contributed by atoms with Crippen LogP contribution in [-0.4, -0.2) is 33.2 Å². The molecular formula is C21H28FO5P. The molecule has 1 N–H and O–H groups in total. The predicted octanol–water partition coefficient (Wildman–Crippen LogP) is 3.95. The fourth-order valence-corrected chi connectivity index (χ4v) is 4.55. The lowest BCUT2D eigenvalue weighted by atomic mass is 9.95. The summed E-state index contributed by atoms with van der Waals surface area (Å²) in [6, 6.07) is 8.25. The van der Waals surface area contributed by atoms with Crippen molar-refractivity contribution in [2.24, 2.45) is 0 Å². The lowest BCUT2D eigenvalue weighted by Crippen LogP contribution is -2.22. The average Bonchev–Trinajstić information content (AvgIpc) is 2.72. The molecule has 0 spiro atoms. The van der Waals surface area contributed by atoms with Gasteiger partial charge in [-0.15, -0.1) is 0 Å². The van der Waals surface area contributed by atoms with E-state index in [1.54, 1.807) is 33.5 Å². The second-order valence-corrected chi connectivity index (χ2v) is 8.42. The molecule has 0 aromatic heterocycles. The van der Waals surface area contributed by atoms with E-state index >= 15 is 0 Å². The zero-order valence-corrected chi connectivity index (χ0v) is 18.0. The van der Waals surface area contributed by atoms with Gasteiger partial charge in [0, 0.05) is 23.9 Å². The van der Waals surface area contributed by atoms with Crippen molar-refractivity contribution in [3.63, 3.8) is 0 Å². The summed E-state index contributed by atoms with van der Waals surface area (Å²) in [5, 5.41) is 10.2. The number of hydrogen-bond acceptors (Lipinski definition) is 5. The van der Waals surface area contributed by atoms with Gasteiger partial charge in [0.15, 0.2) is 18.3 Å². The van der Waals surface area contributed by atoms with Crippen LogP contribution in [0, 0.1) is 5.82 Å². The van der Waals surface area contributed by atoms with E-state index in [9.17, 15) is 9.50 Å². The second kappa shape index (κ2) is 10.1. The van der Waals surface area contributed by atoms with E-state index < -0.39 is 0 Å². The molecule has 0 heterocycles. The number of ether oxygens (including phenoxy) is 4. The molecule has 2 unspecified atom stereocenters. The van der Waals surface area contributed by atoms with Gasteiger partial charge in [-0.3, -0.25) is 0 Å². The molecule has 2 atom stereocenters. The predicted molar refractivity (Wildman–Crippen MR) is 110 cm³/mol. The zero-order valence-electron chi connectivity index (χ0n) is 17.0. The molecule has 28 heavy (non-hydrogen) atoms. The Bertz CT molecular complexity index is 799. The Morgan fingerprint density at radius 1 is 1.11 bits per heavy atom. The topological polar surface area (TPSA) is 57.2 Å². The van der Waals surface area contributed by atoms with E-state index in [4.69, 9.17) is 18.9 Å². The van der Waals surface area contributed by atoms with Crippen molar-refractivity contribution in [1.82, 2.24) is 0 Å². The Labute approximate surface area is 167 Å². The third kappa shape index (κ3) is 4.93. The molecule has 2 rings (SSSR count).